The summed E-state index contributed by atoms with van der Waals surface area (Å²) in [6.07, 6.45) is -3.51. The molecule has 0 aromatic carbocycles. The van der Waals surface area contributed by atoms with Crippen molar-refractivity contribution in [3.63, 3.8) is 0 Å². The van der Waals surface area contributed by atoms with E-state index in [1.807, 2.05) is 0 Å². The molecule has 0 saturated heterocycles. The molecule has 0 N–H and O–H groups in total. The lowest BCUT2D eigenvalue weighted by Gasteiger charge is -2.10. The fourth-order valence-electron chi connectivity index (χ4n) is 1.02. The topological polar surface area (TPSA) is 52.1 Å². The molecule has 0 saturated carbocycles. The second kappa shape index (κ2) is 6.03. The Balaban J connectivity index is 2.76. The predicted molar refractivity (Wildman–Crippen MR) is 59.0 cm³/mol. The molecule has 1 rings (SSSR count). The van der Waals surface area contributed by atoms with E-state index in [-0.39, 0.29) is 11.8 Å². The van der Waals surface area contributed by atoms with Crippen molar-refractivity contribution in [1.82, 2.24) is 9.97 Å². The Bertz CT molecular complexity index is 426. The van der Waals surface area contributed by atoms with Gasteiger partial charge in [-0.25, -0.2) is 9.97 Å². The van der Waals surface area contributed by atoms with Crippen molar-refractivity contribution in [2.75, 3.05) is 6.61 Å². The first-order valence-corrected chi connectivity index (χ1v) is 5.96. The maximum Gasteiger partial charge on any atom is 0.433 e. The van der Waals surface area contributed by atoms with Gasteiger partial charge in [-0.3, -0.25) is 4.79 Å². The number of esters is 1. The molecule has 0 aliphatic rings. The summed E-state index contributed by atoms with van der Waals surface area (Å²) in [7, 11) is 0. The van der Waals surface area contributed by atoms with Gasteiger partial charge in [-0.15, -0.1) is 0 Å². The molecular weight excluding hydrogens is 269 g/mol. The molecule has 1 atom stereocenters. The van der Waals surface area contributed by atoms with Crippen molar-refractivity contribution in [3.05, 3.63) is 18.0 Å². The van der Waals surface area contributed by atoms with E-state index in [0.717, 1.165) is 24.0 Å². The van der Waals surface area contributed by atoms with Crippen LogP contribution >= 0.6 is 11.8 Å². The van der Waals surface area contributed by atoms with Gasteiger partial charge in [0.2, 0.25) is 0 Å². The van der Waals surface area contributed by atoms with Gasteiger partial charge < -0.3 is 4.74 Å². The van der Waals surface area contributed by atoms with Crippen molar-refractivity contribution < 1.29 is 22.7 Å². The van der Waals surface area contributed by atoms with Crippen LogP contribution in [0.2, 0.25) is 0 Å². The Kier molecular flexibility index (Phi) is 4.94. The van der Waals surface area contributed by atoms with Gasteiger partial charge in [-0.05, 0) is 19.9 Å². The molecule has 0 spiro atoms. The van der Waals surface area contributed by atoms with E-state index < -0.39 is 23.1 Å². The smallest absolute Gasteiger partial charge is 0.433 e. The molecule has 0 radical (unpaired) electrons. The fraction of sp³-hybridized carbons (Fsp3) is 0.500. The van der Waals surface area contributed by atoms with Crippen LogP contribution in [0, 0.1) is 0 Å². The number of ether oxygens (including phenoxy) is 1. The molecule has 8 heteroatoms. The van der Waals surface area contributed by atoms with Crippen LogP contribution in [0.15, 0.2) is 17.4 Å². The van der Waals surface area contributed by atoms with Crippen LogP contribution in [0.25, 0.3) is 0 Å². The number of carbonyl (C=O) groups is 1. The van der Waals surface area contributed by atoms with E-state index in [2.05, 4.69) is 9.97 Å². The average Bonchev–Trinajstić information content (AvgIpc) is 2.28. The molecule has 0 amide bonds. The number of carbonyl (C=O) groups excluding carboxylic acids is 1. The molecule has 0 aliphatic carbocycles. The standard InChI is InChI=1S/C10H11F3N2O2S/c1-3-17-8(16)6(2)18-9-14-5-4-7(15-9)10(11,12)13/h4-6H,3H2,1-2H3. The monoisotopic (exact) mass is 280 g/mol. The van der Waals surface area contributed by atoms with Gasteiger partial charge >= 0.3 is 12.1 Å². The zero-order valence-electron chi connectivity index (χ0n) is 9.69. The van der Waals surface area contributed by atoms with Gasteiger partial charge in [-0.1, -0.05) is 11.8 Å². The van der Waals surface area contributed by atoms with Crippen LogP contribution in [0.5, 0.6) is 0 Å². The van der Waals surface area contributed by atoms with E-state index >= 15 is 0 Å². The Morgan fingerprint density at radius 2 is 2.22 bits per heavy atom. The molecule has 1 unspecified atom stereocenters. The van der Waals surface area contributed by atoms with Gasteiger partial charge in [0, 0.05) is 6.20 Å². The lowest BCUT2D eigenvalue weighted by atomic mass is 10.4. The van der Waals surface area contributed by atoms with E-state index in [4.69, 9.17) is 4.74 Å². The maximum atomic E-state index is 12.4. The molecule has 1 heterocycles. The van der Waals surface area contributed by atoms with Crippen molar-refractivity contribution in [3.8, 4) is 0 Å². The summed E-state index contributed by atoms with van der Waals surface area (Å²) in [4.78, 5) is 18.3. The van der Waals surface area contributed by atoms with Crippen LogP contribution in [-0.4, -0.2) is 27.8 Å². The first-order valence-electron chi connectivity index (χ1n) is 5.08. The van der Waals surface area contributed by atoms with Crippen molar-refractivity contribution in [2.45, 2.75) is 30.4 Å². The fourth-order valence-corrected chi connectivity index (χ4v) is 1.77. The van der Waals surface area contributed by atoms with Crippen molar-refractivity contribution >= 4 is 17.7 Å². The maximum absolute atomic E-state index is 12.4. The Morgan fingerprint density at radius 3 is 2.78 bits per heavy atom. The summed E-state index contributed by atoms with van der Waals surface area (Å²) in [5.41, 5.74) is -1.03. The summed E-state index contributed by atoms with van der Waals surface area (Å²) in [6.45, 7) is 3.38. The van der Waals surface area contributed by atoms with Crippen LogP contribution in [0.1, 0.15) is 19.5 Å². The number of aromatic nitrogens is 2. The van der Waals surface area contributed by atoms with Crippen LogP contribution in [0.4, 0.5) is 13.2 Å². The molecular formula is C10H11F3N2O2S. The molecule has 18 heavy (non-hydrogen) atoms. The minimum Gasteiger partial charge on any atom is -0.465 e. The van der Waals surface area contributed by atoms with Crippen molar-refractivity contribution in [1.29, 1.82) is 0 Å². The molecule has 1 aromatic heterocycles. The van der Waals surface area contributed by atoms with Crippen LogP contribution < -0.4 is 0 Å². The second-order valence-electron chi connectivity index (χ2n) is 3.23. The van der Waals surface area contributed by atoms with Gasteiger partial charge in [-0.2, -0.15) is 13.2 Å². The third-order valence-electron chi connectivity index (χ3n) is 1.82. The minimum atomic E-state index is -4.52. The Morgan fingerprint density at radius 1 is 1.56 bits per heavy atom. The highest BCUT2D eigenvalue weighted by atomic mass is 32.2. The van der Waals surface area contributed by atoms with Crippen molar-refractivity contribution in [2.24, 2.45) is 0 Å². The molecule has 0 fully saturated rings. The summed E-state index contributed by atoms with van der Waals surface area (Å²) >= 11 is 0.825. The molecule has 100 valence electrons. The van der Waals surface area contributed by atoms with Gasteiger partial charge in [0.15, 0.2) is 5.16 Å². The molecule has 4 nitrogen and oxygen atoms in total. The lowest BCUT2D eigenvalue weighted by molar-refractivity contribution is -0.142. The second-order valence-corrected chi connectivity index (χ2v) is 4.54. The Labute approximate surface area is 106 Å². The summed E-state index contributed by atoms with van der Waals surface area (Å²) in [6, 6.07) is 0.777. The third kappa shape index (κ3) is 4.17. The summed E-state index contributed by atoms with van der Waals surface area (Å²) in [5, 5.41) is -0.765. The average molecular weight is 280 g/mol. The minimum absolute atomic E-state index is 0.106. The number of alkyl halides is 3. The third-order valence-corrected chi connectivity index (χ3v) is 2.78. The van der Waals surface area contributed by atoms with Gasteiger partial charge in [0.1, 0.15) is 10.9 Å². The van der Waals surface area contributed by atoms with Gasteiger partial charge in [0.25, 0.3) is 0 Å². The number of hydrogen-bond donors (Lipinski definition) is 0. The largest absolute Gasteiger partial charge is 0.465 e. The first kappa shape index (κ1) is 14.7. The molecule has 0 aliphatic heterocycles. The lowest BCUT2D eigenvalue weighted by Crippen LogP contribution is -2.17. The van der Waals surface area contributed by atoms with Gasteiger partial charge in [0.05, 0.1) is 6.61 Å². The number of rotatable bonds is 4. The SMILES string of the molecule is CCOC(=O)C(C)Sc1nccc(C(F)(F)F)n1. The number of nitrogens with zero attached hydrogens (tertiary/aromatic N) is 2. The highest BCUT2D eigenvalue weighted by Crippen LogP contribution is 2.29. The normalized spacial score (nSPS) is 13.2. The van der Waals surface area contributed by atoms with E-state index in [0.29, 0.717) is 0 Å². The highest BCUT2D eigenvalue weighted by Gasteiger charge is 2.33. The zero-order valence-corrected chi connectivity index (χ0v) is 10.5. The van der Waals surface area contributed by atoms with E-state index in [9.17, 15) is 18.0 Å². The highest BCUT2D eigenvalue weighted by molar-refractivity contribution is 8.00. The zero-order chi connectivity index (χ0) is 13.8. The van der Waals surface area contributed by atoms with E-state index in [1.165, 1.54) is 6.92 Å². The summed E-state index contributed by atoms with van der Waals surface area (Å²) in [5.74, 6) is -0.511. The van der Waals surface area contributed by atoms with Crippen LogP contribution in [0.3, 0.4) is 0 Å². The predicted octanol–water partition coefficient (Wildman–Crippen LogP) is 2.54. The Hall–Kier alpha value is -1.31. The van der Waals surface area contributed by atoms with Crippen LogP contribution in [-0.2, 0) is 15.7 Å². The molecule has 0 bridgehead atoms. The van der Waals surface area contributed by atoms with E-state index in [1.54, 1.807) is 6.92 Å². The number of halogens is 3. The molecule has 1 aromatic rings. The number of thioether (sulfide) groups is 1. The first-order chi connectivity index (χ1) is 8.34. The summed E-state index contributed by atoms with van der Waals surface area (Å²) < 4.78 is 41.9. The quantitative estimate of drug-likeness (QED) is 0.482. The number of hydrogen-bond acceptors (Lipinski definition) is 5.